The molecular weight excluding hydrogens is 104 g/mol. The van der Waals surface area contributed by atoms with Crippen LogP contribution in [0.4, 0.5) is 0 Å². The molecule has 0 N–H and O–H groups in total. The number of carbonyl (C=O) groups excluding carboxylic acids is 1. The van der Waals surface area contributed by atoms with Crippen LogP contribution in [0.25, 0.3) is 0 Å². The first-order chi connectivity index (χ1) is 3.93. The summed E-state index contributed by atoms with van der Waals surface area (Å²) in [5.41, 5.74) is 0.872. The van der Waals surface area contributed by atoms with Crippen molar-refractivity contribution in [3.8, 4) is 0 Å². The number of aldehydes is 1. The smallest absolute Gasteiger partial charge is 0.145 e. The lowest BCUT2D eigenvalue weighted by Gasteiger charge is -2.06. The fourth-order valence-corrected chi connectivity index (χ4v) is 0.648. The van der Waals surface area contributed by atoms with Crippen LogP contribution in [-0.2, 0) is 9.53 Å². The van der Waals surface area contributed by atoms with Crippen LogP contribution in [0.3, 0.4) is 0 Å². The van der Waals surface area contributed by atoms with E-state index >= 15 is 0 Å². The second-order valence-electron chi connectivity index (χ2n) is 1.72. The third kappa shape index (κ3) is 1.17. The number of hydrogen-bond acceptors (Lipinski definition) is 2. The fraction of sp³-hybridized carbons (Fsp3) is 0.500. The summed E-state index contributed by atoms with van der Waals surface area (Å²) in [6.45, 7) is 1.30. The highest BCUT2D eigenvalue weighted by molar-refractivity contribution is 5.73. The van der Waals surface area contributed by atoms with Crippen LogP contribution in [0.2, 0.25) is 0 Å². The van der Waals surface area contributed by atoms with Gasteiger partial charge < -0.3 is 4.74 Å². The van der Waals surface area contributed by atoms with Crippen molar-refractivity contribution < 1.29 is 9.53 Å². The predicted octanol–water partition coefficient (Wildman–Crippen LogP) is 0.532. The van der Waals surface area contributed by atoms with E-state index in [1.165, 1.54) is 0 Å². The molecule has 1 rings (SSSR count). The first-order valence-electron chi connectivity index (χ1n) is 2.65. The highest BCUT2D eigenvalue weighted by Crippen LogP contribution is 2.02. The zero-order valence-corrected chi connectivity index (χ0v) is 4.59. The molecule has 2 nitrogen and oxygen atoms in total. The molecule has 1 aliphatic heterocycles. The molecule has 44 valence electrons. The van der Waals surface area contributed by atoms with Crippen molar-refractivity contribution in [3.63, 3.8) is 0 Å². The number of ether oxygens (including phenoxy) is 1. The van der Waals surface area contributed by atoms with Gasteiger partial charge in [0.2, 0.25) is 0 Å². The number of hydrogen-bond donors (Lipinski definition) is 0. The van der Waals surface area contributed by atoms with Gasteiger partial charge in [-0.2, -0.15) is 0 Å². The molecular formula is C6H8O2. The monoisotopic (exact) mass is 112 g/mol. The van der Waals surface area contributed by atoms with Crippen LogP contribution in [0, 0.1) is 0 Å². The third-order valence-electron chi connectivity index (χ3n) is 1.15. The van der Waals surface area contributed by atoms with E-state index in [2.05, 4.69) is 0 Å². The molecule has 2 heteroatoms. The van der Waals surface area contributed by atoms with E-state index in [1.54, 1.807) is 0 Å². The van der Waals surface area contributed by atoms with Gasteiger partial charge in [-0.1, -0.05) is 6.08 Å². The first kappa shape index (κ1) is 5.51. The van der Waals surface area contributed by atoms with Crippen molar-refractivity contribution in [2.45, 2.75) is 6.42 Å². The molecule has 0 atom stereocenters. The molecule has 0 fully saturated rings. The molecule has 0 aromatic rings. The molecule has 0 radical (unpaired) electrons. The summed E-state index contributed by atoms with van der Waals surface area (Å²) in [5.74, 6) is 0. The number of carbonyl (C=O) groups is 1. The van der Waals surface area contributed by atoms with Gasteiger partial charge >= 0.3 is 0 Å². The van der Waals surface area contributed by atoms with Crippen LogP contribution >= 0.6 is 0 Å². The Bertz CT molecular complexity index is 116. The van der Waals surface area contributed by atoms with Crippen LogP contribution in [0.5, 0.6) is 0 Å². The summed E-state index contributed by atoms with van der Waals surface area (Å²) in [4.78, 5) is 10.0. The van der Waals surface area contributed by atoms with Crippen molar-refractivity contribution in [2.75, 3.05) is 13.2 Å². The van der Waals surface area contributed by atoms with Gasteiger partial charge in [0.25, 0.3) is 0 Å². The van der Waals surface area contributed by atoms with Gasteiger partial charge in [0, 0.05) is 0 Å². The van der Waals surface area contributed by atoms with Crippen molar-refractivity contribution in [1.82, 2.24) is 0 Å². The van der Waals surface area contributed by atoms with E-state index in [0.717, 1.165) is 18.3 Å². The summed E-state index contributed by atoms with van der Waals surface area (Å²) < 4.78 is 4.97. The quantitative estimate of drug-likeness (QED) is 0.462. The van der Waals surface area contributed by atoms with Gasteiger partial charge in [-0.25, -0.2) is 0 Å². The van der Waals surface area contributed by atoms with Crippen LogP contribution in [0.15, 0.2) is 11.6 Å². The molecule has 0 unspecified atom stereocenters. The molecule has 0 bridgehead atoms. The summed E-state index contributed by atoms with van der Waals surface area (Å²) in [7, 11) is 0. The Morgan fingerprint density at radius 1 is 1.75 bits per heavy atom. The summed E-state index contributed by atoms with van der Waals surface area (Å²) in [6, 6.07) is 0. The topological polar surface area (TPSA) is 26.3 Å². The molecule has 1 heterocycles. The van der Waals surface area contributed by atoms with Crippen LogP contribution in [0.1, 0.15) is 6.42 Å². The molecule has 0 aromatic carbocycles. The van der Waals surface area contributed by atoms with Gasteiger partial charge in [-0.05, 0) is 12.0 Å². The number of rotatable bonds is 1. The Kier molecular flexibility index (Phi) is 1.80. The minimum atomic E-state index is 0.605. The predicted molar refractivity (Wildman–Crippen MR) is 29.6 cm³/mol. The highest BCUT2D eigenvalue weighted by Gasteiger charge is 1.99. The van der Waals surface area contributed by atoms with E-state index < -0.39 is 0 Å². The van der Waals surface area contributed by atoms with Gasteiger partial charge in [-0.15, -0.1) is 0 Å². The molecule has 1 aliphatic rings. The van der Waals surface area contributed by atoms with E-state index in [4.69, 9.17) is 4.74 Å². The van der Waals surface area contributed by atoms with Crippen molar-refractivity contribution in [1.29, 1.82) is 0 Å². The average Bonchev–Trinajstić information content (AvgIpc) is 1.90. The molecule has 0 saturated heterocycles. The SMILES string of the molecule is O=CC1=CCOCC1. The largest absolute Gasteiger partial charge is 0.377 e. The lowest BCUT2D eigenvalue weighted by molar-refractivity contribution is -0.105. The van der Waals surface area contributed by atoms with E-state index in [0.29, 0.717) is 13.2 Å². The zero-order chi connectivity index (χ0) is 5.82. The Hall–Kier alpha value is -0.630. The van der Waals surface area contributed by atoms with Gasteiger partial charge in [-0.3, -0.25) is 4.79 Å². The summed E-state index contributed by atoms with van der Waals surface area (Å²) >= 11 is 0. The Balaban J connectivity index is 2.49. The zero-order valence-electron chi connectivity index (χ0n) is 4.59. The molecule has 0 amide bonds. The van der Waals surface area contributed by atoms with Gasteiger partial charge in [0.15, 0.2) is 0 Å². The Labute approximate surface area is 48.1 Å². The van der Waals surface area contributed by atoms with Crippen LogP contribution in [-0.4, -0.2) is 19.5 Å². The normalized spacial score (nSPS) is 19.8. The van der Waals surface area contributed by atoms with Crippen molar-refractivity contribution in [2.24, 2.45) is 0 Å². The molecule has 0 aromatic heterocycles. The maximum absolute atomic E-state index is 10.0. The minimum Gasteiger partial charge on any atom is -0.377 e. The van der Waals surface area contributed by atoms with Gasteiger partial charge in [0.1, 0.15) is 6.29 Å². The molecule has 8 heavy (non-hydrogen) atoms. The lowest BCUT2D eigenvalue weighted by Crippen LogP contribution is -2.04. The molecule has 0 saturated carbocycles. The van der Waals surface area contributed by atoms with E-state index in [-0.39, 0.29) is 0 Å². The molecule has 0 aliphatic carbocycles. The average molecular weight is 112 g/mol. The first-order valence-corrected chi connectivity index (χ1v) is 2.65. The maximum Gasteiger partial charge on any atom is 0.145 e. The second kappa shape index (κ2) is 2.62. The van der Waals surface area contributed by atoms with E-state index in [1.807, 2.05) is 6.08 Å². The summed E-state index contributed by atoms with van der Waals surface area (Å²) in [6.07, 6.45) is 3.49. The minimum absolute atomic E-state index is 0.605. The van der Waals surface area contributed by atoms with Crippen molar-refractivity contribution >= 4 is 6.29 Å². The Morgan fingerprint density at radius 2 is 2.62 bits per heavy atom. The van der Waals surface area contributed by atoms with E-state index in [9.17, 15) is 4.79 Å². The third-order valence-corrected chi connectivity index (χ3v) is 1.15. The van der Waals surface area contributed by atoms with Gasteiger partial charge in [0.05, 0.1) is 13.2 Å². The summed E-state index contributed by atoms with van der Waals surface area (Å²) in [5, 5.41) is 0. The van der Waals surface area contributed by atoms with Crippen LogP contribution < -0.4 is 0 Å². The second-order valence-corrected chi connectivity index (χ2v) is 1.72. The Morgan fingerprint density at radius 3 is 3.00 bits per heavy atom. The standard InChI is InChI=1S/C6H8O2/c7-5-6-1-3-8-4-2-6/h1,5H,2-4H2. The highest BCUT2D eigenvalue weighted by atomic mass is 16.5. The maximum atomic E-state index is 10.0. The lowest BCUT2D eigenvalue weighted by atomic mass is 10.2. The fourth-order valence-electron chi connectivity index (χ4n) is 0.648. The van der Waals surface area contributed by atoms with Crippen molar-refractivity contribution in [3.05, 3.63) is 11.6 Å². The molecule has 0 spiro atoms.